The topological polar surface area (TPSA) is 0 Å². The maximum Gasteiger partial charge on any atom is 0.178 e. The summed E-state index contributed by atoms with van der Waals surface area (Å²) in [4.78, 5) is 0. The lowest BCUT2D eigenvalue weighted by molar-refractivity contribution is 0.761. The van der Waals surface area contributed by atoms with Crippen LogP contribution in [-0.2, 0) is 23.6 Å². The Morgan fingerprint density at radius 1 is 0.955 bits per heavy atom. The van der Waals surface area contributed by atoms with Crippen LogP contribution in [0, 0.1) is 0 Å². The van der Waals surface area contributed by atoms with Gasteiger partial charge < -0.3 is 0 Å². The van der Waals surface area contributed by atoms with Gasteiger partial charge in [-0.2, -0.15) is 0 Å². The van der Waals surface area contributed by atoms with Crippen LogP contribution in [0.15, 0.2) is 60.7 Å². The molecule has 1 aliphatic rings. The summed E-state index contributed by atoms with van der Waals surface area (Å²) in [6, 6.07) is 19.8. The second kappa shape index (κ2) is 7.45. The first-order chi connectivity index (χ1) is 10.7. The van der Waals surface area contributed by atoms with Crippen LogP contribution in [-0.4, -0.2) is 18.0 Å². The highest BCUT2D eigenvalue weighted by Gasteiger charge is 2.33. The van der Waals surface area contributed by atoms with Crippen molar-refractivity contribution in [3.05, 3.63) is 60.7 Å². The van der Waals surface area contributed by atoms with E-state index in [2.05, 4.69) is 60.7 Å². The molecule has 4 heteroatoms. The minimum atomic E-state index is -1.71. The van der Waals surface area contributed by atoms with Gasteiger partial charge in [0.25, 0.3) is 0 Å². The Morgan fingerprint density at radius 3 is 1.95 bits per heavy atom. The zero-order valence-corrected chi connectivity index (χ0v) is 16.0. The summed E-state index contributed by atoms with van der Waals surface area (Å²) in [5.41, 5.74) is 0.764. The van der Waals surface area contributed by atoms with E-state index >= 15 is 0 Å². The van der Waals surface area contributed by atoms with Crippen LogP contribution in [0.4, 0.5) is 0 Å². The lowest BCUT2D eigenvalue weighted by Crippen LogP contribution is -2.19. The van der Waals surface area contributed by atoms with Crippen LogP contribution in [0.3, 0.4) is 0 Å². The molecular weight excluding hydrogens is 342 g/mol. The molecule has 0 radical (unpaired) electrons. The molecule has 114 valence electrons. The van der Waals surface area contributed by atoms with Crippen molar-refractivity contribution >= 4 is 47.0 Å². The third kappa shape index (κ3) is 3.57. The summed E-state index contributed by atoms with van der Waals surface area (Å²) in [6.45, 7) is -0.164. The first-order valence-corrected chi connectivity index (χ1v) is 13.4. The van der Waals surface area contributed by atoms with E-state index in [0.29, 0.717) is 0 Å². The molecule has 0 aliphatic carbocycles. The van der Waals surface area contributed by atoms with Crippen LogP contribution >= 0.6 is 12.7 Å². The molecule has 0 N–H and O–H groups in total. The van der Waals surface area contributed by atoms with Crippen LogP contribution in [0.2, 0.25) is 0 Å². The van der Waals surface area contributed by atoms with Gasteiger partial charge in [0.05, 0.1) is 0 Å². The molecule has 0 aromatic heterocycles. The molecule has 1 saturated heterocycles. The van der Waals surface area contributed by atoms with Gasteiger partial charge in [-0.25, -0.2) is 0 Å². The predicted molar refractivity (Wildman–Crippen MR) is 108 cm³/mol. The van der Waals surface area contributed by atoms with Crippen LogP contribution in [0.25, 0.3) is 0 Å². The minimum Gasteiger partial charge on any atom is -0.0876 e. The van der Waals surface area contributed by atoms with Gasteiger partial charge in [0.2, 0.25) is 0 Å². The minimum absolute atomic E-state index is 0.164. The molecular formula is C18H21P2S2+. The van der Waals surface area contributed by atoms with Crippen LogP contribution in [0.1, 0.15) is 19.3 Å². The Bertz CT molecular complexity index is 639. The standard InChI is InChI=1S/C18H21P2S2/c21-19-14-7-8-16(19)13-15-20(22,17-9-3-1-4-10-17)18-11-5-2-6-12-18/h1-6,9-12,16H,7-8,13-15H2/q+1. The maximum atomic E-state index is 6.29. The molecule has 2 atom stereocenters. The summed E-state index contributed by atoms with van der Waals surface area (Å²) in [5, 5.41) is 2.70. The summed E-state index contributed by atoms with van der Waals surface area (Å²) in [5.74, 6) is 0. The molecule has 0 nitrogen and oxygen atoms in total. The third-order valence-corrected chi connectivity index (χ3v) is 12.9. The van der Waals surface area contributed by atoms with Crippen molar-refractivity contribution in [1.82, 2.24) is 0 Å². The summed E-state index contributed by atoms with van der Waals surface area (Å²) in [6.07, 6.45) is 6.29. The van der Waals surface area contributed by atoms with E-state index in [1.807, 2.05) is 0 Å². The molecule has 0 bridgehead atoms. The van der Waals surface area contributed by atoms with Crippen LogP contribution < -0.4 is 10.6 Å². The number of hydrogen-bond acceptors (Lipinski definition) is 2. The molecule has 0 amide bonds. The highest BCUT2D eigenvalue weighted by molar-refractivity contribution is 8.21. The molecule has 2 aromatic rings. The second-order valence-electron chi connectivity index (χ2n) is 5.86. The lowest BCUT2D eigenvalue weighted by atomic mass is 10.2. The fourth-order valence-corrected chi connectivity index (χ4v) is 9.99. The number of benzene rings is 2. The van der Waals surface area contributed by atoms with Gasteiger partial charge in [0.1, 0.15) is 11.8 Å². The maximum absolute atomic E-state index is 6.29. The average Bonchev–Trinajstić information content (AvgIpc) is 2.99. The molecule has 2 unspecified atom stereocenters. The second-order valence-corrected chi connectivity index (χ2v) is 14.1. The fraction of sp³-hybridized carbons (Fsp3) is 0.333. The van der Waals surface area contributed by atoms with E-state index in [0.717, 1.165) is 11.8 Å². The lowest BCUT2D eigenvalue weighted by Gasteiger charge is -2.23. The molecule has 22 heavy (non-hydrogen) atoms. The first kappa shape index (κ1) is 16.5. The van der Waals surface area contributed by atoms with Crippen molar-refractivity contribution in [3.63, 3.8) is 0 Å². The van der Waals surface area contributed by atoms with E-state index in [4.69, 9.17) is 23.6 Å². The number of rotatable bonds is 5. The molecule has 3 rings (SSSR count). The highest BCUT2D eigenvalue weighted by atomic mass is 32.4. The summed E-state index contributed by atoms with van der Waals surface area (Å²) < 4.78 is 0. The third-order valence-electron chi connectivity index (χ3n) is 4.45. The predicted octanol–water partition coefficient (Wildman–Crippen LogP) is 4.61. The SMILES string of the molecule is S=[P+]1CCCC1CCP(=S)(c1ccccc1)c1ccccc1. The van der Waals surface area contributed by atoms with E-state index in [1.54, 1.807) is 0 Å². The fourth-order valence-electron chi connectivity index (χ4n) is 3.17. The average molecular weight is 363 g/mol. The van der Waals surface area contributed by atoms with E-state index < -0.39 is 6.04 Å². The zero-order valence-electron chi connectivity index (χ0n) is 12.6. The Hall–Kier alpha value is -0.390. The Labute approximate surface area is 144 Å². The van der Waals surface area contributed by atoms with Gasteiger partial charge in [-0.1, -0.05) is 72.5 Å². The van der Waals surface area contributed by atoms with Gasteiger partial charge in [-0.3, -0.25) is 0 Å². The number of hydrogen-bond donors (Lipinski definition) is 0. The van der Waals surface area contributed by atoms with Gasteiger partial charge in [-0.05, 0) is 36.0 Å². The molecule has 1 aliphatic heterocycles. The first-order valence-electron chi connectivity index (χ1n) is 7.84. The zero-order chi connectivity index (χ0) is 15.4. The van der Waals surface area contributed by atoms with E-state index in [-0.39, 0.29) is 6.70 Å². The molecule has 1 fully saturated rings. The monoisotopic (exact) mass is 363 g/mol. The van der Waals surface area contributed by atoms with E-state index in [1.165, 1.54) is 36.0 Å². The van der Waals surface area contributed by atoms with Crippen molar-refractivity contribution in [2.45, 2.75) is 24.9 Å². The van der Waals surface area contributed by atoms with Crippen molar-refractivity contribution < 1.29 is 0 Å². The van der Waals surface area contributed by atoms with Gasteiger partial charge in [0, 0.05) is 6.04 Å². The molecule has 0 spiro atoms. The van der Waals surface area contributed by atoms with Gasteiger partial charge >= 0.3 is 0 Å². The van der Waals surface area contributed by atoms with Crippen molar-refractivity contribution in [2.75, 3.05) is 12.3 Å². The summed E-state index contributed by atoms with van der Waals surface area (Å²) in [7, 11) is 0. The molecule has 0 saturated carbocycles. The van der Waals surface area contributed by atoms with E-state index in [9.17, 15) is 0 Å². The summed E-state index contributed by atoms with van der Waals surface area (Å²) >= 11 is 12.0. The highest BCUT2D eigenvalue weighted by Crippen LogP contribution is 2.49. The van der Waals surface area contributed by atoms with Crippen LogP contribution in [0.5, 0.6) is 0 Å². The normalized spacial score (nSPS) is 20.2. The van der Waals surface area contributed by atoms with Gasteiger partial charge in [0.15, 0.2) is 18.5 Å². The Kier molecular flexibility index (Phi) is 5.58. The quantitative estimate of drug-likeness (QED) is 0.712. The largest absolute Gasteiger partial charge is 0.178 e. The Morgan fingerprint density at radius 2 is 1.50 bits per heavy atom. The Balaban J connectivity index is 1.90. The molecule has 2 aromatic carbocycles. The molecule has 1 heterocycles. The van der Waals surface area contributed by atoms with Crippen molar-refractivity contribution in [2.24, 2.45) is 0 Å². The van der Waals surface area contributed by atoms with Crippen molar-refractivity contribution in [3.8, 4) is 0 Å². The van der Waals surface area contributed by atoms with Crippen molar-refractivity contribution in [1.29, 1.82) is 0 Å². The van der Waals surface area contributed by atoms with Gasteiger partial charge in [-0.15, -0.1) is 0 Å². The smallest absolute Gasteiger partial charge is 0.0876 e.